The Kier molecular flexibility index (Phi) is 6.56. The predicted octanol–water partition coefficient (Wildman–Crippen LogP) is 4.11. The highest BCUT2D eigenvalue weighted by molar-refractivity contribution is 7.99. The number of nitrogens with zero attached hydrogens (tertiary/aromatic N) is 2. The number of carbonyl (C=O) groups excluding carboxylic acids is 2. The van der Waals surface area contributed by atoms with E-state index in [1.807, 2.05) is 0 Å². The number of carbonyl (C=O) groups is 2. The summed E-state index contributed by atoms with van der Waals surface area (Å²) in [5, 5.41) is 3.30. The number of aromatic nitrogens is 2. The van der Waals surface area contributed by atoms with Gasteiger partial charge in [-0.25, -0.2) is 19.2 Å². The average molecular weight is 411 g/mol. The van der Waals surface area contributed by atoms with E-state index >= 15 is 0 Å². The average Bonchev–Trinajstić information content (AvgIpc) is 2.72. The van der Waals surface area contributed by atoms with Crippen molar-refractivity contribution in [3.05, 3.63) is 71.7 Å². The van der Waals surface area contributed by atoms with Crippen molar-refractivity contribution in [3.8, 4) is 11.4 Å². The zero-order valence-electron chi connectivity index (χ0n) is 15.8. The van der Waals surface area contributed by atoms with Crippen LogP contribution in [0.15, 0.2) is 59.6 Å². The fourth-order valence-electron chi connectivity index (χ4n) is 2.58. The highest BCUT2D eigenvalue weighted by atomic mass is 32.2. The number of halogens is 1. The van der Waals surface area contributed by atoms with E-state index in [0.29, 0.717) is 27.8 Å². The van der Waals surface area contributed by atoms with Crippen LogP contribution in [0.2, 0.25) is 0 Å². The smallest absolute Gasteiger partial charge is 0.339 e. The van der Waals surface area contributed by atoms with E-state index in [4.69, 9.17) is 4.74 Å². The van der Waals surface area contributed by atoms with Gasteiger partial charge in [0.1, 0.15) is 10.8 Å². The van der Waals surface area contributed by atoms with E-state index in [2.05, 4.69) is 15.3 Å². The minimum absolute atomic E-state index is 0.0779. The summed E-state index contributed by atoms with van der Waals surface area (Å²) in [5.74, 6) is -0.724. The maximum atomic E-state index is 13.5. The molecule has 0 aliphatic carbocycles. The normalized spacial score (nSPS) is 10.4. The molecule has 1 heterocycles. The Labute approximate surface area is 171 Å². The first-order chi connectivity index (χ1) is 14.0. The lowest BCUT2D eigenvalue weighted by Gasteiger charge is -2.10. The highest BCUT2D eigenvalue weighted by Gasteiger charge is 2.14. The minimum Gasteiger partial charge on any atom is -0.465 e. The van der Waals surface area contributed by atoms with Crippen molar-refractivity contribution in [2.45, 2.75) is 11.9 Å². The molecule has 1 aromatic heterocycles. The molecule has 1 N–H and O–H groups in total. The highest BCUT2D eigenvalue weighted by Crippen LogP contribution is 2.23. The molecule has 0 saturated carbocycles. The fourth-order valence-corrected chi connectivity index (χ4v) is 3.33. The second-order valence-corrected chi connectivity index (χ2v) is 7.05. The van der Waals surface area contributed by atoms with Crippen LogP contribution < -0.4 is 5.32 Å². The third-order valence-corrected chi connectivity index (χ3v) is 4.78. The van der Waals surface area contributed by atoms with Gasteiger partial charge in [0.05, 0.1) is 24.1 Å². The summed E-state index contributed by atoms with van der Waals surface area (Å²) < 4.78 is 18.2. The van der Waals surface area contributed by atoms with Gasteiger partial charge in [-0.1, -0.05) is 36.0 Å². The van der Waals surface area contributed by atoms with E-state index in [1.54, 1.807) is 49.4 Å². The first kappa shape index (κ1) is 20.5. The molecule has 0 fully saturated rings. The number of benzene rings is 2. The summed E-state index contributed by atoms with van der Waals surface area (Å²) in [6.07, 6.45) is 0. The van der Waals surface area contributed by atoms with Gasteiger partial charge in [-0.2, -0.15) is 0 Å². The number of nitrogens with one attached hydrogen (secondary N) is 1. The fraction of sp³-hybridized carbons (Fsp3) is 0.143. The van der Waals surface area contributed by atoms with Crippen LogP contribution in [0.25, 0.3) is 11.4 Å². The van der Waals surface area contributed by atoms with E-state index in [0.717, 1.165) is 0 Å². The van der Waals surface area contributed by atoms with Crippen LogP contribution in [0.5, 0.6) is 0 Å². The summed E-state index contributed by atoms with van der Waals surface area (Å²) in [7, 11) is 1.28. The van der Waals surface area contributed by atoms with Crippen LogP contribution in [0, 0.1) is 12.7 Å². The first-order valence-corrected chi connectivity index (χ1v) is 9.66. The Hall–Kier alpha value is -3.26. The number of anilines is 1. The van der Waals surface area contributed by atoms with Gasteiger partial charge in [0, 0.05) is 11.3 Å². The van der Waals surface area contributed by atoms with E-state index in [9.17, 15) is 14.0 Å². The molecule has 0 bridgehead atoms. The topological polar surface area (TPSA) is 81.2 Å². The van der Waals surface area contributed by atoms with Gasteiger partial charge in [-0.15, -0.1) is 0 Å². The van der Waals surface area contributed by atoms with Crippen molar-refractivity contribution >= 4 is 29.3 Å². The van der Waals surface area contributed by atoms with Gasteiger partial charge < -0.3 is 10.1 Å². The molecule has 0 saturated heterocycles. The van der Waals surface area contributed by atoms with Crippen molar-refractivity contribution in [2.24, 2.45) is 0 Å². The summed E-state index contributed by atoms with van der Waals surface area (Å²) in [5.41, 5.74) is 1.93. The Balaban J connectivity index is 1.71. The monoisotopic (exact) mass is 411 g/mol. The summed E-state index contributed by atoms with van der Waals surface area (Å²) in [6, 6.07) is 14.4. The Morgan fingerprint density at radius 1 is 1.10 bits per heavy atom. The van der Waals surface area contributed by atoms with E-state index in [1.165, 1.54) is 31.0 Å². The molecule has 3 rings (SSSR count). The minimum atomic E-state index is -0.528. The maximum Gasteiger partial charge on any atom is 0.339 e. The molecule has 0 unspecified atom stereocenters. The number of hydrogen-bond donors (Lipinski definition) is 1. The second kappa shape index (κ2) is 9.29. The molecule has 6 nitrogen and oxygen atoms in total. The molecular formula is C21H18FN3O3S. The molecule has 29 heavy (non-hydrogen) atoms. The summed E-state index contributed by atoms with van der Waals surface area (Å²) in [6.45, 7) is 1.81. The number of methoxy groups -OCH3 is 1. The number of amides is 1. The van der Waals surface area contributed by atoms with Crippen molar-refractivity contribution in [2.75, 3.05) is 18.2 Å². The summed E-state index contributed by atoms with van der Waals surface area (Å²) in [4.78, 5) is 32.9. The number of rotatable bonds is 6. The van der Waals surface area contributed by atoms with Crippen molar-refractivity contribution in [1.82, 2.24) is 9.97 Å². The molecule has 0 radical (unpaired) electrons. The Morgan fingerprint density at radius 2 is 1.90 bits per heavy atom. The number of aryl methyl sites for hydroxylation is 1. The molecule has 8 heteroatoms. The molecule has 148 valence electrons. The van der Waals surface area contributed by atoms with Crippen molar-refractivity contribution in [1.29, 1.82) is 0 Å². The van der Waals surface area contributed by atoms with Gasteiger partial charge in [0.15, 0.2) is 5.82 Å². The third-order valence-electron chi connectivity index (χ3n) is 3.87. The van der Waals surface area contributed by atoms with Gasteiger partial charge in [-0.05, 0) is 37.3 Å². The molecule has 0 atom stereocenters. The van der Waals surface area contributed by atoms with Gasteiger partial charge >= 0.3 is 5.97 Å². The van der Waals surface area contributed by atoms with Crippen LogP contribution in [-0.2, 0) is 9.53 Å². The molecule has 0 aliphatic heterocycles. The standard InChI is InChI=1S/C21H18FN3O3S/c1-13-10-19(25-20(23-13)14-6-5-7-15(22)11-14)29-12-18(26)24-17-9-4-3-8-16(17)21(27)28-2/h3-11H,12H2,1-2H3,(H,24,26). The number of thioether (sulfide) groups is 1. The summed E-state index contributed by atoms with van der Waals surface area (Å²) >= 11 is 1.22. The zero-order chi connectivity index (χ0) is 20.8. The number of hydrogen-bond acceptors (Lipinski definition) is 6. The molecule has 1 amide bonds. The molecule has 0 spiro atoms. The molecular weight excluding hydrogens is 393 g/mol. The predicted molar refractivity (Wildman–Crippen MR) is 109 cm³/mol. The van der Waals surface area contributed by atoms with Gasteiger partial charge in [0.25, 0.3) is 0 Å². The largest absolute Gasteiger partial charge is 0.465 e. The van der Waals surface area contributed by atoms with Crippen LogP contribution in [-0.4, -0.2) is 34.7 Å². The Morgan fingerprint density at radius 3 is 2.66 bits per heavy atom. The number of para-hydroxylation sites is 1. The SMILES string of the molecule is COC(=O)c1ccccc1NC(=O)CSc1cc(C)nc(-c2cccc(F)c2)n1. The number of esters is 1. The lowest BCUT2D eigenvalue weighted by molar-refractivity contribution is -0.113. The lowest BCUT2D eigenvalue weighted by atomic mass is 10.2. The van der Waals surface area contributed by atoms with Crippen LogP contribution in [0.4, 0.5) is 10.1 Å². The van der Waals surface area contributed by atoms with Crippen molar-refractivity contribution in [3.63, 3.8) is 0 Å². The van der Waals surface area contributed by atoms with E-state index < -0.39 is 5.97 Å². The van der Waals surface area contributed by atoms with E-state index in [-0.39, 0.29) is 23.0 Å². The third kappa shape index (κ3) is 5.39. The molecule has 2 aromatic carbocycles. The molecule has 3 aromatic rings. The molecule has 0 aliphatic rings. The number of ether oxygens (including phenoxy) is 1. The van der Waals surface area contributed by atoms with Crippen molar-refractivity contribution < 1.29 is 18.7 Å². The van der Waals surface area contributed by atoms with Gasteiger partial charge in [0.2, 0.25) is 5.91 Å². The first-order valence-electron chi connectivity index (χ1n) is 8.68. The quantitative estimate of drug-likeness (QED) is 0.374. The maximum absolute atomic E-state index is 13.5. The van der Waals surface area contributed by atoms with Gasteiger partial charge in [-0.3, -0.25) is 4.79 Å². The van der Waals surface area contributed by atoms with Crippen LogP contribution >= 0.6 is 11.8 Å². The zero-order valence-corrected chi connectivity index (χ0v) is 16.6. The second-order valence-electron chi connectivity index (χ2n) is 6.06. The Bertz CT molecular complexity index is 1060. The van der Waals surface area contributed by atoms with Crippen LogP contribution in [0.3, 0.4) is 0 Å². The van der Waals surface area contributed by atoms with Crippen LogP contribution in [0.1, 0.15) is 16.1 Å². The lowest BCUT2D eigenvalue weighted by Crippen LogP contribution is -2.17.